The standard InChI is InChI=1S/C14H21NO3/c1-5-14(3,4)18-12-9-10(7-8-11(12)15)13(16)17-6-2/h7-9H,5-6,15H2,1-4H3. The van der Waals surface area contributed by atoms with E-state index >= 15 is 0 Å². The number of ether oxygens (including phenoxy) is 2. The Bertz CT molecular complexity index is 427. The van der Waals surface area contributed by atoms with Crippen molar-refractivity contribution in [3.8, 4) is 5.75 Å². The Hall–Kier alpha value is -1.71. The summed E-state index contributed by atoms with van der Waals surface area (Å²) < 4.78 is 10.8. The van der Waals surface area contributed by atoms with E-state index in [1.54, 1.807) is 25.1 Å². The SMILES string of the molecule is CCOC(=O)c1ccc(N)c(OC(C)(C)CC)c1. The fourth-order valence-electron chi connectivity index (χ4n) is 1.33. The van der Waals surface area contributed by atoms with Crippen LogP contribution in [-0.4, -0.2) is 18.2 Å². The lowest BCUT2D eigenvalue weighted by molar-refractivity contribution is 0.0524. The van der Waals surface area contributed by atoms with E-state index in [2.05, 4.69) is 0 Å². The lowest BCUT2D eigenvalue weighted by Crippen LogP contribution is -2.27. The highest BCUT2D eigenvalue weighted by Crippen LogP contribution is 2.28. The van der Waals surface area contributed by atoms with Crippen LogP contribution in [0.2, 0.25) is 0 Å². The van der Waals surface area contributed by atoms with Gasteiger partial charge in [0.15, 0.2) is 0 Å². The van der Waals surface area contributed by atoms with Crippen molar-refractivity contribution in [2.75, 3.05) is 12.3 Å². The highest BCUT2D eigenvalue weighted by atomic mass is 16.5. The van der Waals surface area contributed by atoms with E-state index in [1.807, 2.05) is 20.8 Å². The minimum Gasteiger partial charge on any atom is -0.486 e. The molecule has 100 valence electrons. The Morgan fingerprint density at radius 2 is 2.00 bits per heavy atom. The summed E-state index contributed by atoms with van der Waals surface area (Å²) in [7, 11) is 0. The van der Waals surface area contributed by atoms with E-state index in [-0.39, 0.29) is 11.6 Å². The summed E-state index contributed by atoms with van der Waals surface area (Å²) in [6.07, 6.45) is 0.843. The van der Waals surface area contributed by atoms with Crippen molar-refractivity contribution >= 4 is 11.7 Å². The lowest BCUT2D eigenvalue weighted by atomic mass is 10.1. The molecule has 1 aromatic rings. The van der Waals surface area contributed by atoms with Crippen LogP contribution >= 0.6 is 0 Å². The number of benzene rings is 1. The van der Waals surface area contributed by atoms with Crippen molar-refractivity contribution in [1.29, 1.82) is 0 Å². The number of carbonyl (C=O) groups is 1. The van der Waals surface area contributed by atoms with Gasteiger partial charge in [0.1, 0.15) is 11.4 Å². The van der Waals surface area contributed by atoms with Crippen LogP contribution in [-0.2, 0) is 4.74 Å². The molecule has 0 amide bonds. The maximum Gasteiger partial charge on any atom is 0.338 e. The van der Waals surface area contributed by atoms with Gasteiger partial charge in [-0.3, -0.25) is 0 Å². The average molecular weight is 251 g/mol. The molecule has 0 aliphatic carbocycles. The van der Waals surface area contributed by atoms with E-state index in [9.17, 15) is 4.79 Å². The Morgan fingerprint density at radius 1 is 1.33 bits per heavy atom. The first-order valence-corrected chi connectivity index (χ1v) is 6.15. The third-order valence-electron chi connectivity index (χ3n) is 2.76. The minimum absolute atomic E-state index is 0.318. The molecule has 4 nitrogen and oxygen atoms in total. The minimum atomic E-state index is -0.364. The van der Waals surface area contributed by atoms with Gasteiger partial charge in [0.05, 0.1) is 17.9 Å². The van der Waals surface area contributed by atoms with Crippen LogP contribution in [0.1, 0.15) is 44.5 Å². The summed E-state index contributed by atoms with van der Waals surface area (Å²) in [4.78, 5) is 11.6. The smallest absolute Gasteiger partial charge is 0.338 e. The van der Waals surface area contributed by atoms with Crippen molar-refractivity contribution in [2.45, 2.75) is 39.7 Å². The first-order valence-electron chi connectivity index (χ1n) is 6.15. The second kappa shape index (κ2) is 5.76. The van der Waals surface area contributed by atoms with E-state index in [4.69, 9.17) is 15.2 Å². The van der Waals surface area contributed by atoms with Crippen LogP contribution in [0.15, 0.2) is 18.2 Å². The zero-order valence-corrected chi connectivity index (χ0v) is 11.4. The Balaban J connectivity index is 2.98. The number of carbonyl (C=O) groups excluding carboxylic acids is 1. The molecule has 1 aromatic carbocycles. The summed E-state index contributed by atoms with van der Waals surface area (Å²) in [6.45, 7) is 8.10. The molecule has 0 spiro atoms. The summed E-state index contributed by atoms with van der Waals surface area (Å²) >= 11 is 0. The monoisotopic (exact) mass is 251 g/mol. The second-order valence-corrected chi connectivity index (χ2v) is 4.69. The maximum absolute atomic E-state index is 11.6. The molecule has 0 bridgehead atoms. The van der Waals surface area contributed by atoms with Gasteiger partial charge < -0.3 is 15.2 Å². The van der Waals surface area contributed by atoms with Gasteiger partial charge in [-0.1, -0.05) is 6.92 Å². The third kappa shape index (κ3) is 3.65. The topological polar surface area (TPSA) is 61.5 Å². The summed E-state index contributed by atoms with van der Waals surface area (Å²) in [5.74, 6) is 0.157. The number of nitrogens with two attached hydrogens (primary N) is 1. The quantitative estimate of drug-likeness (QED) is 0.645. The Labute approximate surface area is 108 Å². The molecule has 1 rings (SSSR count). The van der Waals surface area contributed by atoms with Crippen LogP contribution in [0.5, 0.6) is 5.75 Å². The second-order valence-electron chi connectivity index (χ2n) is 4.69. The number of rotatable bonds is 5. The molecule has 0 aliphatic rings. The molecule has 4 heteroatoms. The maximum atomic E-state index is 11.6. The van der Waals surface area contributed by atoms with Gasteiger partial charge in [-0.15, -0.1) is 0 Å². The van der Waals surface area contributed by atoms with Crippen molar-refractivity contribution in [2.24, 2.45) is 0 Å². The molecule has 0 heterocycles. The summed E-state index contributed by atoms with van der Waals surface area (Å²) in [6, 6.07) is 4.93. The van der Waals surface area contributed by atoms with Crippen LogP contribution in [0.4, 0.5) is 5.69 Å². The van der Waals surface area contributed by atoms with Crippen LogP contribution in [0.3, 0.4) is 0 Å². The van der Waals surface area contributed by atoms with Crippen LogP contribution < -0.4 is 10.5 Å². The van der Waals surface area contributed by atoms with Crippen LogP contribution in [0.25, 0.3) is 0 Å². The highest BCUT2D eigenvalue weighted by Gasteiger charge is 2.19. The number of nitrogen functional groups attached to an aromatic ring is 1. The van der Waals surface area contributed by atoms with Gasteiger partial charge in [-0.25, -0.2) is 4.79 Å². The summed E-state index contributed by atoms with van der Waals surface area (Å²) in [5, 5.41) is 0. The summed E-state index contributed by atoms with van der Waals surface area (Å²) in [5.41, 5.74) is 6.50. The van der Waals surface area contributed by atoms with E-state index in [0.717, 1.165) is 6.42 Å². The lowest BCUT2D eigenvalue weighted by Gasteiger charge is -2.25. The molecule has 0 radical (unpaired) electrons. The largest absolute Gasteiger partial charge is 0.486 e. The molecule has 0 aromatic heterocycles. The molecular weight excluding hydrogens is 230 g/mol. The number of hydrogen-bond acceptors (Lipinski definition) is 4. The van der Waals surface area contributed by atoms with Gasteiger partial charge in [-0.05, 0) is 45.4 Å². The zero-order valence-electron chi connectivity index (χ0n) is 11.4. The van der Waals surface area contributed by atoms with Crippen molar-refractivity contribution in [1.82, 2.24) is 0 Å². The van der Waals surface area contributed by atoms with E-state index < -0.39 is 0 Å². The van der Waals surface area contributed by atoms with Crippen molar-refractivity contribution < 1.29 is 14.3 Å². The van der Waals surface area contributed by atoms with Gasteiger partial charge in [0, 0.05) is 0 Å². The van der Waals surface area contributed by atoms with E-state index in [0.29, 0.717) is 23.6 Å². The molecule has 0 aliphatic heterocycles. The van der Waals surface area contributed by atoms with Gasteiger partial charge in [-0.2, -0.15) is 0 Å². The first kappa shape index (κ1) is 14.4. The van der Waals surface area contributed by atoms with E-state index in [1.165, 1.54) is 0 Å². The molecule has 0 unspecified atom stereocenters. The molecule has 0 atom stereocenters. The fraction of sp³-hybridized carbons (Fsp3) is 0.500. The molecule has 0 saturated heterocycles. The molecular formula is C14H21NO3. The zero-order chi connectivity index (χ0) is 13.8. The Morgan fingerprint density at radius 3 is 2.56 bits per heavy atom. The fourth-order valence-corrected chi connectivity index (χ4v) is 1.33. The number of anilines is 1. The van der Waals surface area contributed by atoms with Crippen LogP contribution in [0, 0.1) is 0 Å². The van der Waals surface area contributed by atoms with Crippen molar-refractivity contribution in [3.05, 3.63) is 23.8 Å². The highest BCUT2D eigenvalue weighted by molar-refractivity contribution is 5.90. The Kier molecular flexibility index (Phi) is 4.59. The van der Waals surface area contributed by atoms with Crippen molar-refractivity contribution in [3.63, 3.8) is 0 Å². The molecule has 18 heavy (non-hydrogen) atoms. The molecule has 0 fully saturated rings. The van der Waals surface area contributed by atoms with Gasteiger partial charge in [0.2, 0.25) is 0 Å². The predicted octanol–water partition coefficient (Wildman–Crippen LogP) is 3.01. The predicted molar refractivity (Wildman–Crippen MR) is 71.8 cm³/mol. The normalized spacial score (nSPS) is 11.1. The number of esters is 1. The first-order chi connectivity index (χ1) is 8.39. The number of hydrogen-bond donors (Lipinski definition) is 1. The molecule has 0 saturated carbocycles. The average Bonchev–Trinajstić information content (AvgIpc) is 2.32. The third-order valence-corrected chi connectivity index (χ3v) is 2.76. The van der Waals surface area contributed by atoms with Gasteiger partial charge in [0.25, 0.3) is 0 Å². The van der Waals surface area contributed by atoms with Gasteiger partial charge >= 0.3 is 5.97 Å². The molecule has 2 N–H and O–H groups in total.